The van der Waals surface area contributed by atoms with Crippen LogP contribution in [0.1, 0.15) is 31.7 Å². The van der Waals surface area contributed by atoms with Crippen molar-refractivity contribution < 1.29 is 0 Å². The molecule has 0 radical (unpaired) electrons. The highest BCUT2D eigenvalue weighted by molar-refractivity contribution is 5.33. The molecular formula is C11H12N4O. The number of hydrogen-bond donors (Lipinski definition) is 0. The first-order valence-corrected chi connectivity index (χ1v) is 5.68. The molecule has 2 saturated carbocycles. The van der Waals surface area contributed by atoms with Gasteiger partial charge in [-0.05, 0) is 31.1 Å². The van der Waals surface area contributed by atoms with Crippen LogP contribution >= 0.6 is 0 Å². The molecule has 0 bridgehead atoms. The molecule has 5 heteroatoms. The number of rotatable bonds is 1. The zero-order valence-electron chi connectivity index (χ0n) is 8.83. The molecule has 4 rings (SSSR count). The Labute approximate surface area is 91.7 Å². The van der Waals surface area contributed by atoms with Crippen molar-refractivity contribution in [1.29, 1.82) is 0 Å². The van der Waals surface area contributed by atoms with Gasteiger partial charge in [0.05, 0.1) is 6.04 Å². The molecule has 2 aliphatic rings. The SMILES string of the molecule is O=c1c2nccn2cnn1C1CC2(CC2)C1. The van der Waals surface area contributed by atoms with Crippen molar-refractivity contribution in [3.63, 3.8) is 0 Å². The number of fused-ring (bicyclic) bond motifs is 1. The van der Waals surface area contributed by atoms with Gasteiger partial charge in [0, 0.05) is 12.4 Å². The van der Waals surface area contributed by atoms with E-state index in [1.807, 2.05) is 0 Å². The topological polar surface area (TPSA) is 52.2 Å². The molecule has 0 atom stereocenters. The second-order valence-corrected chi connectivity index (χ2v) is 5.10. The van der Waals surface area contributed by atoms with Crippen LogP contribution in [-0.4, -0.2) is 19.2 Å². The zero-order valence-corrected chi connectivity index (χ0v) is 8.83. The predicted octanol–water partition coefficient (Wildman–Crippen LogP) is 1.01. The third kappa shape index (κ3) is 0.977. The van der Waals surface area contributed by atoms with E-state index in [1.165, 1.54) is 12.8 Å². The van der Waals surface area contributed by atoms with Gasteiger partial charge in [0.15, 0.2) is 0 Å². The monoisotopic (exact) mass is 216 g/mol. The van der Waals surface area contributed by atoms with Crippen molar-refractivity contribution in [2.45, 2.75) is 31.7 Å². The summed E-state index contributed by atoms with van der Waals surface area (Å²) in [5.41, 5.74) is 1.01. The van der Waals surface area contributed by atoms with Gasteiger partial charge in [-0.3, -0.25) is 9.20 Å². The van der Waals surface area contributed by atoms with Crippen LogP contribution in [0.3, 0.4) is 0 Å². The van der Waals surface area contributed by atoms with Crippen molar-refractivity contribution in [3.8, 4) is 0 Å². The average molecular weight is 216 g/mol. The van der Waals surface area contributed by atoms with Crippen LogP contribution in [0, 0.1) is 5.41 Å². The first kappa shape index (κ1) is 8.50. The van der Waals surface area contributed by atoms with Gasteiger partial charge in [0.2, 0.25) is 5.65 Å². The normalized spacial score (nSPS) is 22.5. The van der Waals surface area contributed by atoms with Crippen molar-refractivity contribution >= 4 is 5.65 Å². The Morgan fingerprint density at radius 2 is 2.19 bits per heavy atom. The lowest BCUT2D eigenvalue weighted by Crippen LogP contribution is -2.37. The van der Waals surface area contributed by atoms with Crippen LogP contribution in [0.4, 0.5) is 0 Å². The molecule has 2 heterocycles. The Morgan fingerprint density at radius 1 is 1.38 bits per heavy atom. The highest BCUT2D eigenvalue weighted by atomic mass is 16.1. The zero-order chi connectivity index (χ0) is 10.8. The molecule has 0 amide bonds. The molecule has 2 aromatic rings. The highest BCUT2D eigenvalue weighted by Gasteiger charge is 2.54. The minimum atomic E-state index is -0.0620. The Balaban J connectivity index is 1.80. The maximum atomic E-state index is 12.1. The van der Waals surface area contributed by atoms with E-state index in [1.54, 1.807) is 27.8 Å². The summed E-state index contributed by atoms with van der Waals surface area (Å²) < 4.78 is 3.29. The Bertz CT molecular complexity index is 614. The minimum absolute atomic E-state index is 0.0620. The lowest BCUT2D eigenvalue weighted by atomic mass is 9.77. The maximum Gasteiger partial charge on any atom is 0.310 e. The molecule has 16 heavy (non-hydrogen) atoms. The van der Waals surface area contributed by atoms with Crippen LogP contribution in [0.2, 0.25) is 0 Å². The van der Waals surface area contributed by atoms with Crippen LogP contribution in [0.25, 0.3) is 5.65 Å². The molecule has 0 aliphatic heterocycles. The van der Waals surface area contributed by atoms with E-state index >= 15 is 0 Å². The minimum Gasteiger partial charge on any atom is -0.284 e. The van der Waals surface area contributed by atoms with Crippen LogP contribution < -0.4 is 5.56 Å². The van der Waals surface area contributed by atoms with Gasteiger partial charge in [0.25, 0.3) is 0 Å². The summed E-state index contributed by atoms with van der Waals surface area (Å²) in [6.07, 6.45) is 9.96. The smallest absolute Gasteiger partial charge is 0.284 e. The molecule has 2 aromatic heterocycles. The molecule has 82 valence electrons. The van der Waals surface area contributed by atoms with Gasteiger partial charge in [0.1, 0.15) is 6.33 Å². The number of aromatic nitrogens is 4. The van der Waals surface area contributed by atoms with E-state index < -0.39 is 0 Å². The summed E-state index contributed by atoms with van der Waals surface area (Å²) >= 11 is 0. The second kappa shape index (κ2) is 2.53. The van der Waals surface area contributed by atoms with Gasteiger partial charge in [-0.2, -0.15) is 5.10 Å². The average Bonchev–Trinajstić information content (AvgIpc) is 2.88. The maximum absolute atomic E-state index is 12.1. The summed E-state index contributed by atoms with van der Waals surface area (Å²) in [5, 5.41) is 4.22. The van der Waals surface area contributed by atoms with E-state index in [0.29, 0.717) is 17.1 Å². The van der Waals surface area contributed by atoms with E-state index in [0.717, 1.165) is 12.8 Å². The summed E-state index contributed by atoms with van der Waals surface area (Å²) in [4.78, 5) is 16.1. The number of nitrogens with zero attached hydrogens (tertiary/aromatic N) is 4. The van der Waals surface area contributed by atoms with E-state index in [2.05, 4.69) is 10.1 Å². The van der Waals surface area contributed by atoms with Crippen LogP contribution in [0.15, 0.2) is 23.5 Å². The number of hydrogen-bond acceptors (Lipinski definition) is 3. The fourth-order valence-corrected chi connectivity index (χ4v) is 2.80. The second-order valence-electron chi connectivity index (χ2n) is 5.10. The summed E-state index contributed by atoms with van der Waals surface area (Å²) in [7, 11) is 0. The Morgan fingerprint density at radius 3 is 2.94 bits per heavy atom. The Hall–Kier alpha value is -1.65. The highest BCUT2D eigenvalue weighted by Crippen LogP contribution is 2.64. The lowest BCUT2D eigenvalue weighted by Gasteiger charge is -2.35. The molecule has 0 N–H and O–H groups in total. The van der Waals surface area contributed by atoms with E-state index in [4.69, 9.17) is 0 Å². The first-order valence-electron chi connectivity index (χ1n) is 5.68. The molecule has 0 saturated heterocycles. The summed E-state index contributed by atoms with van der Waals surface area (Å²) in [6, 6.07) is 0.302. The Kier molecular flexibility index (Phi) is 1.35. The molecule has 0 aromatic carbocycles. The fourth-order valence-electron chi connectivity index (χ4n) is 2.80. The van der Waals surface area contributed by atoms with Crippen LogP contribution in [0.5, 0.6) is 0 Å². The van der Waals surface area contributed by atoms with Crippen molar-refractivity contribution in [1.82, 2.24) is 19.2 Å². The first-order chi connectivity index (χ1) is 7.77. The molecule has 2 fully saturated rings. The molecule has 1 spiro atoms. The molecule has 5 nitrogen and oxygen atoms in total. The third-order valence-electron chi connectivity index (χ3n) is 4.01. The molecule has 2 aliphatic carbocycles. The van der Waals surface area contributed by atoms with Crippen molar-refractivity contribution in [3.05, 3.63) is 29.1 Å². The van der Waals surface area contributed by atoms with Crippen LogP contribution in [-0.2, 0) is 0 Å². The summed E-state index contributed by atoms with van der Waals surface area (Å²) in [5.74, 6) is 0. The largest absolute Gasteiger partial charge is 0.310 e. The third-order valence-corrected chi connectivity index (χ3v) is 4.01. The van der Waals surface area contributed by atoms with Gasteiger partial charge < -0.3 is 0 Å². The summed E-state index contributed by atoms with van der Waals surface area (Å²) in [6.45, 7) is 0. The van der Waals surface area contributed by atoms with E-state index in [-0.39, 0.29) is 5.56 Å². The van der Waals surface area contributed by atoms with Crippen molar-refractivity contribution in [2.75, 3.05) is 0 Å². The van der Waals surface area contributed by atoms with Crippen molar-refractivity contribution in [2.24, 2.45) is 5.41 Å². The predicted molar refractivity (Wildman–Crippen MR) is 57.2 cm³/mol. The quantitative estimate of drug-likeness (QED) is 0.714. The molecule has 0 unspecified atom stereocenters. The van der Waals surface area contributed by atoms with Gasteiger partial charge in [-0.15, -0.1) is 0 Å². The van der Waals surface area contributed by atoms with Gasteiger partial charge in [-0.1, -0.05) is 0 Å². The van der Waals surface area contributed by atoms with Gasteiger partial charge in [-0.25, -0.2) is 9.67 Å². The van der Waals surface area contributed by atoms with Gasteiger partial charge >= 0.3 is 5.56 Å². The fraction of sp³-hybridized carbons (Fsp3) is 0.545. The lowest BCUT2D eigenvalue weighted by molar-refractivity contribution is 0.155. The number of imidazole rings is 1. The van der Waals surface area contributed by atoms with E-state index in [9.17, 15) is 4.79 Å². The molecular weight excluding hydrogens is 204 g/mol. The standard InChI is InChI=1S/C11H12N4O/c16-10-9-12-3-4-14(9)7-13-15(10)8-5-11(6-8)1-2-11/h3-4,7-8H,1-2,5-6H2.